The predicted molar refractivity (Wildman–Crippen MR) is 107 cm³/mol. The van der Waals surface area contributed by atoms with Gasteiger partial charge in [-0.2, -0.15) is 5.10 Å². The van der Waals surface area contributed by atoms with Crippen molar-refractivity contribution in [3.8, 4) is 11.5 Å². The van der Waals surface area contributed by atoms with Crippen LogP contribution >= 0.6 is 27.7 Å². The Morgan fingerprint density at radius 1 is 1.27 bits per heavy atom. The van der Waals surface area contributed by atoms with Gasteiger partial charge in [-0.05, 0) is 41.5 Å². The molecule has 0 atom stereocenters. The zero-order chi connectivity index (χ0) is 18.4. The molecule has 134 valence electrons. The van der Waals surface area contributed by atoms with Crippen molar-refractivity contribution in [1.29, 1.82) is 0 Å². The number of hydrogen-bond acceptors (Lipinski definition) is 6. The van der Waals surface area contributed by atoms with E-state index in [4.69, 9.17) is 9.47 Å². The number of amides is 1. The number of thioether (sulfide) groups is 1. The van der Waals surface area contributed by atoms with Crippen LogP contribution in [0.4, 0.5) is 0 Å². The smallest absolute Gasteiger partial charge is 0.236 e. The fourth-order valence-corrected chi connectivity index (χ4v) is 3.28. The lowest BCUT2D eigenvalue weighted by atomic mass is 10.2. The van der Waals surface area contributed by atoms with Crippen LogP contribution in [0.5, 0.6) is 11.5 Å². The maximum atomic E-state index is 11.1. The van der Waals surface area contributed by atoms with Gasteiger partial charge in [0.15, 0.2) is 16.7 Å². The average molecular weight is 434 g/mol. The monoisotopic (exact) mass is 433 g/mol. The minimum absolute atomic E-state index is 0.0578. The van der Waals surface area contributed by atoms with Gasteiger partial charge in [-0.15, -0.1) is 5.10 Å². The number of hydrogen-bond donors (Lipinski definition) is 1. The maximum absolute atomic E-state index is 11.1. The molecule has 0 aliphatic carbocycles. The molecular formula is C18H16BrN3O3S. The highest BCUT2D eigenvalue weighted by molar-refractivity contribution is 9.10. The minimum atomic E-state index is -0.0578. The van der Waals surface area contributed by atoms with Crippen LogP contribution in [0.25, 0.3) is 0 Å². The summed E-state index contributed by atoms with van der Waals surface area (Å²) in [6.45, 7) is 0.438. The summed E-state index contributed by atoms with van der Waals surface area (Å²) in [5.74, 6) is 1.58. The number of ether oxygens (including phenoxy) is 2. The summed E-state index contributed by atoms with van der Waals surface area (Å²) in [5.41, 5.74) is 1.87. The second kappa shape index (κ2) is 8.86. The van der Waals surface area contributed by atoms with E-state index in [0.29, 0.717) is 29.0 Å². The third-order valence-electron chi connectivity index (χ3n) is 3.41. The summed E-state index contributed by atoms with van der Waals surface area (Å²) in [6, 6.07) is 13.5. The number of carbonyl (C=O) groups is 1. The van der Waals surface area contributed by atoms with E-state index in [-0.39, 0.29) is 5.91 Å². The van der Waals surface area contributed by atoms with Gasteiger partial charge < -0.3 is 14.8 Å². The summed E-state index contributed by atoms with van der Waals surface area (Å²) < 4.78 is 12.3. The molecule has 0 aromatic heterocycles. The summed E-state index contributed by atoms with van der Waals surface area (Å²) in [4.78, 5) is 11.1. The Balaban J connectivity index is 1.66. The van der Waals surface area contributed by atoms with E-state index in [0.717, 1.165) is 15.6 Å². The van der Waals surface area contributed by atoms with Crippen molar-refractivity contribution < 1.29 is 14.3 Å². The van der Waals surface area contributed by atoms with Crippen molar-refractivity contribution in [3.05, 3.63) is 58.1 Å². The van der Waals surface area contributed by atoms with Crippen LogP contribution in [0.3, 0.4) is 0 Å². The van der Waals surface area contributed by atoms with E-state index >= 15 is 0 Å². The molecule has 2 aromatic carbocycles. The van der Waals surface area contributed by atoms with E-state index < -0.39 is 0 Å². The van der Waals surface area contributed by atoms with Gasteiger partial charge in [-0.1, -0.05) is 39.8 Å². The fraction of sp³-hybridized carbons (Fsp3) is 0.167. The second-order valence-corrected chi connectivity index (χ2v) is 7.20. The molecular weight excluding hydrogens is 418 g/mol. The normalized spacial score (nSPS) is 15.5. The number of nitrogens with one attached hydrogen (secondary N) is 1. The Morgan fingerprint density at radius 2 is 2.15 bits per heavy atom. The molecule has 26 heavy (non-hydrogen) atoms. The van der Waals surface area contributed by atoms with E-state index in [1.165, 1.54) is 11.8 Å². The number of nitrogens with zero attached hydrogens (tertiary/aromatic N) is 2. The molecule has 1 heterocycles. The lowest BCUT2D eigenvalue weighted by molar-refractivity contribution is -0.116. The zero-order valence-corrected chi connectivity index (χ0v) is 16.3. The number of methoxy groups -OCH3 is 1. The van der Waals surface area contributed by atoms with Gasteiger partial charge in [0, 0.05) is 4.47 Å². The third-order valence-corrected chi connectivity index (χ3v) is 4.77. The molecule has 0 saturated carbocycles. The van der Waals surface area contributed by atoms with Crippen LogP contribution in [0.2, 0.25) is 0 Å². The molecule has 1 aliphatic heterocycles. The van der Waals surface area contributed by atoms with Crippen LogP contribution in [0.15, 0.2) is 57.1 Å². The van der Waals surface area contributed by atoms with Gasteiger partial charge in [-0.3, -0.25) is 4.79 Å². The molecule has 1 fully saturated rings. The summed E-state index contributed by atoms with van der Waals surface area (Å²) >= 11 is 4.78. The van der Waals surface area contributed by atoms with Gasteiger partial charge in [0.05, 0.1) is 19.1 Å². The molecule has 1 N–H and O–H groups in total. The van der Waals surface area contributed by atoms with Crippen LogP contribution in [-0.2, 0) is 11.4 Å². The molecule has 1 aliphatic rings. The molecule has 1 amide bonds. The molecule has 8 heteroatoms. The maximum Gasteiger partial charge on any atom is 0.236 e. The third kappa shape index (κ3) is 5.09. The molecule has 2 aromatic rings. The van der Waals surface area contributed by atoms with Crippen molar-refractivity contribution >= 4 is 45.0 Å². The van der Waals surface area contributed by atoms with Crippen LogP contribution in [-0.4, -0.2) is 30.2 Å². The molecule has 1 saturated heterocycles. The van der Waals surface area contributed by atoms with Crippen molar-refractivity contribution in [2.75, 3.05) is 12.9 Å². The number of rotatable bonds is 6. The molecule has 0 spiro atoms. The largest absolute Gasteiger partial charge is 0.493 e. The summed E-state index contributed by atoms with van der Waals surface area (Å²) in [7, 11) is 1.59. The Labute approximate surface area is 163 Å². The van der Waals surface area contributed by atoms with Crippen LogP contribution in [0, 0.1) is 0 Å². The van der Waals surface area contributed by atoms with Gasteiger partial charge in [-0.25, -0.2) is 0 Å². The van der Waals surface area contributed by atoms with Gasteiger partial charge in [0.1, 0.15) is 6.61 Å². The fourth-order valence-electron chi connectivity index (χ4n) is 2.20. The van der Waals surface area contributed by atoms with Gasteiger partial charge in [0.2, 0.25) is 5.91 Å². The highest BCUT2D eigenvalue weighted by Crippen LogP contribution is 2.28. The molecule has 6 nitrogen and oxygen atoms in total. The Morgan fingerprint density at radius 3 is 2.88 bits per heavy atom. The number of amidine groups is 1. The Bertz CT molecular complexity index is 871. The zero-order valence-electron chi connectivity index (χ0n) is 13.9. The second-order valence-electron chi connectivity index (χ2n) is 5.32. The van der Waals surface area contributed by atoms with Crippen molar-refractivity contribution in [2.24, 2.45) is 10.2 Å². The first-order valence-electron chi connectivity index (χ1n) is 7.73. The molecule has 0 radical (unpaired) electrons. The van der Waals surface area contributed by atoms with Crippen LogP contribution < -0.4 is 14.8 Å². The molecule has 3 rings (SSSR count). The van der Waals surface area contributed by atoms with Gasteiger partial charge in [0.25, 0.3) is 0 Å². The first-order chi connectivity index (χ1) is 12.6. The van der Waals surface area contributed by atoms with E-state index in [1.807, 2.05) is 42.5 Å². The first kappa shape index (κ1) is 18.5. The Hall–Kier alpha value is -2.32. The van der Waals surface area contributed by atoms with E-state index in [1.54, 1.807) is 13.3 Å². The number of halogens is 1. The lowest BCUT2D eigenvalue weighted by Crippen LogP contribution is -2.19. The minimum Gasteiger partial charge on any atom is -0.493 e. The first-order valence-corrected chi connectivity index (χ1v) is 9.51. The average Bonchev–Trinajstić information content (AvgIpc) is 3.05. The van der Waals surface area contributed by atoms with E-state index in [2.05, 4.69) is 31.4 Å². The van der Waals surface area contributed by atoms with Crippen molar-refractivity contribution in [3.63, 3.8) is 0 Å². The highest BCUT2D eigenvalue weighted by atomic mass is 79.9. The van der Waals surface area contributed by atoms with Crippen molar-refractivity contribution in [2.45, 2.75) is 6.61 Å². The van der Waals surface area contributed by atoms with Gasteiger partial charge >= 0.3 is 0 Å². The lowest BCUT2D eigenvalue weighted by Gasteiger charge is -2.11. The Kier molecular flexibility index (Phi) is 6.30. The molecule has 0 bridgehead atoms. The number of benzene rings is 2. The topological polar surface area (TPSA) is 72.3 Å². The SMILES string of the molecule is COc1cc(C=NN=C2NC(=O)CS2)ccc1OCc1cccc(Br)c1. The molecule has 0 unspecified atom stereocenters. The standard InChI is InChI=1S/C18H16BrN3O3S/c1-24-16-8-12(9-20-22-18-21-17(23)11-26-18)5-6-15(16)25-10-13-3-2-4-14(19)7-13/h2-9H,10-11H2,1H3,(H,21,22,23). The highest BCUT2D eigenvalue weighted by Gasteiger charge is 2.15. The number of carbonyl (C=O) groups excluding carboxylic acids is 1. The van der Waals surface area contributed by atoms with Crippen LogP contribution in [0.1, 0.15) is 11.1 Å². The van der Waals surface area contributed by atoms with E-state index in [9.17, 15) is 4.79 Å². The summed E-state index contributed by atoms with van der Waals surface area (Å²) in [6.07, 6.45) is 1.60. The predicted octanol–water partition coefficient (Wildman–Crippen LogP) is 3.59. The quantitative estimate of drug-likeness (QED) is 0.557. The summed E-state index contributed by atoms with van der Waals surface area (Å²) in [5, 5.41) is 11.1. The van der Waals surface area contributed by atoms with Crippen molar-refractivity contribution in [1.82, 2.24) is 5.32 Å².